The molecule has 0 spiro atoms. The maximum Gasteiger partial charge on any atom is 0.229 e. The lowest BCUT2D eigenvalue weighted by Crippen LogP contribution is -2.04. The first-order valence-electron chi connectivity index (χ1n) is 9.20. The number of fused-ring (bicyclic) bond motifs is 2. The average molecular weight is 368 g/mol. The van der Waals surface area contributed by atoms with E-state index in [1.165, 1.54) is 16.5 Å². The Morgan fingerprint density at radius 3 is 3.00 bits per heavy atom. The molecule has 0 fully saturated rings. The van der Waals surface area contributed by atoms with Gasteiger partial charge in [-0.25, -0.2) is 4.98 Å². The first kappa shape index (κ1) is 16.4. The third-order valence-corrected chi connectivity index (χ3v) is 4.92. The monoisotopic (exact) mass is 368 g/mol. The van der Waals surface area contributed by atoms with Crippen LogP contribution in [0.5, 0.6) is 0 Å². The van der Waals surface area contributed by atoms with Crippen molar-refractivity contribution in [1.29, 1.82) is 0 Å². The Kier molecular flexibility index (Phi) is 3.94. The second-order valence-electron chi connectivity index (χ2n) is 6.81. The molecule has 0 radical (unpaired) electrons. The molecule has 0 bridgehead atoms. The lowest BCUT2D eigenvalue weighted by atomic mass is 10.1. The van der Waals surface area contributed by atoms with E-state index in [2.05, 4.69) is 72.7 Å². The number of aromatic nitrogens is 4. The summed E-state index contributed by atoms with van der Waals surface area (Å²) >= 11 is 0. The summed E-state index contributed by atoms with van der Waals surface area (Å²) in [7, 11) is 2.04. The highest BCUT2D eigenvalue weighted by molar-refractivity contribution is 5.93. The van der Waals surface area contributed by atoms with Crippen molar-refractivity contribution in [1.82, 2.24) is 19.5 Å². The zero-order valence-corrected chi connectivity index (χ0v) is 15.5. The molecule has 3 aromatic heterocycles. The molecule has 0 aliphatic rings. The molecule has 0 aliphatic heterocycles. The molecule has 0 saturated carbocycles. The topological polar surface area (TPSA) is 70.6 Å². The predicted octanol–water partition coefficient (Wildman–Crippen LogP) is 4.81. The maximum atomic E-state index is 4.60. The van der Waals surface area contributed by atoms with Crippen molar-refractivity contribution in [3.05, 3.63) is 78.8 Å². The molecule has 5 aromatic rings. The molecule has 3 heterocycles. The highest BCUT2D eigenvalue weighted by Crippen LogP contribution is 2.26. The Balaban J connectivity index is 1.34. The summed E-state index contributed by atoms with van der Waals surface area (Å²) in [6, 6.07) is 18.6. The Morgan fingerprint density at radius 1 is 1.07 bits per heavy atom. The standard InChI is InChI=1S/C22H20N6/c1-28-12-9-17-19(3-2-4-20(17)28)26-22-24-11-8-21(27-22)25-14-15-5-6-18-16(13-15)7-10-23-18/h2-13,23H,14H2,1H3,(H2,24,25,26,27). The second-order valence-corrected chi connectivity index (χ2v) is 6.81. The summed E-state index contributed by atoms with van der Waals surface area (Å²) in [4.78, 5) is 12.2. The molecule has 3 N–H and O–H groups in total. The van der Waals surface area contributed by atoms with E-state index in [1.807, 2.05) is 31.4 Å². The zero-order chi connectivity index (χ0) is 18.9. The van der Waals surface area contributed by atoms with Crippen LogP contribution in [-0.2, 0) is 13.6 Å². The van der Waals surface area contributed by atoms with E-state index in [4.69, 9.17) is 0 Å². The first-order valence-corrected chi connectivity index (χ1v) is 9.20. The first-order chi connectivity index (χ1) is 13.8. The highest BCUT2D eigenvalue weighted by Gasteiger charge is 2.06. The number of anilines is 3. The van der Waals surface area contributed by atoms with Crippen molar-refractivity contribution in [3.63, 3.8) is 0 Å². The summed E-state index contributed by atoms with van der Waals surface area (Å²) in [5.74, 6) is 1.36. The van der Waals surface area contributed by atoms with E-state index >= 15 is 0 Å². The summed E-state index contributed by atoms with van der Waals surface area (Å²) in [6.45, 7) is 0.700. The van der Waals surface area contributed by atoms with Crippen LogP contribution in [0, 0.1) is 0 Å². The Labute approximate surface area is 162 Å². The summed E-state index contributed by atoms with van der Waals surface area (Å²) in [5.41, 5.74) is 4.51. The molecule has 0 amide bonds. The number of aryl methyl sites for hydroxylation is 1. The van der Waals surface area contributed by atoms with E-state index in [9.17, 15) is 0 Å². The van der Waals surface area contributed by atoms with Crippen LogP contribution in [0.4, 0.5) is 17.5 Å². The molecule has 0 saturated heterocycles. The Hall–Kier alpha value is -3.80. The number of H-pyrrole nitrogens is 1. The van der Waals surface area contributed by atoms with Crippen LogP contribution in [0.3, 0.4) is 0 Å². The smallest absolute Gasteiger partial charge is 0.229 e. The van der Waals surface area contributed by atoms with Crippen LogP contribution >= 0.6 is 0 Å². The molecular weight excluding hydrogens is 348 g/mol. The van der Waals surface area contributed by atoms with Gasteiger partial charge in [-0.05, 0) is 53.4 Å². The molecule has 5 rings (SSSR count). The van der Waals surface area contributed by atoms with Crippen molar-refractivity contribution in [3.8, 4) is 0 Å². The number of hydrogen-bond donors (Lipinski definition) is 3. The van der Waals surface area contributed by atoms with Gasteiger partial charge in [0, 0.05) is 48.6 Å². The van der Waals surface area contributed by atoms with Crippen molar-refractivity contribution >= 4 is 39.3 Å². The van der Waals surface area contributed by atoms with Gasteiger partial charge in [0.1, 0.15) is 5.82 Å². The third kappa shape index (κ3) is 3.05. The van der Waals surface area contributed by atoms with Gasteiger partial charge >= 0.3 is 0 Å². The van der Waals surface area contributed by atoms with Crippen molar-refractivity contribution < 1.29 is 0 Å². The molecule has 28 heavy (non-hydrogen) atoms. The fourth-order valence-electron chi connectivity index (χ4n) is 3.45. The van der Waals surface area contributed by atoms with Crippen molar-refractivity contribution in [2.75, 3.05) is 10.6 Å². The van der Waals surface area contributed by atoms with Crippen LogP contribution < -0.4 is 10.6 Å². The lowest BCUT2D eigenvalue weighted by Gasteiger charge is -2.10. The van der Waals surface area contributed by atoms with Gasteiger partial charge in [-0.3, -0.25) is 0 Å². The van der Waals surface area contributed by atoms with Gasteiger partial charge in [0.25, 0.3) is 0 Å². The molecule has 0 aliphatic carbocycles. The molecule has 6 heteroatoms. The van der Waals surface area contributed by atoms with Crippen LogP contribution in [0.1, 0.15) is 5.56 Å². The Bertz CT molecular complexity index is 1270. The number of hydrogen-bond acceptors (Lipinski definition) is 4. The number of nitrogens with zero attached hydrogens (tertiary/aromatic N) is 3. The summed E-state index contributed by atoms with van der Waals surface area (Å²) in [6.07, 6.45) is 5.77. The van der Waals surface area contributed by atoms with E-state index in [0.717, 1.165) is 22.4 Å². The van der Waals surface area contributed by atoms with E-state index in [0.29, 0.717) is 12.5 Å². The third-order valence-electron chi connectivity index (χ3n) is 4.92. The SMILES string of the molecule is Cn1ccc2c(Nc3nccc(NCc4ccc5[nH]ccc5c4)n3)cccc21. The van der Waals surface area contributed by atoms with Crippen molar-refractivity contribution in [2.45, 2.75) is 6.54 Å². The van der Waals surface area contributed by atoms with Gasteiger partial charge < -0.3 is 20.2 Å². The van der Waals surface area contributed by atoms with Crippen LogP contribution in [0.2, 0.25) is 0 Å². The van der Waals surface area contributed by atoms with Gasteiger partial charge in [0.15, 0.2) is 0 Å². The van der Waals surface area contributed by atoms with Gasteiger partial charge in [-0.15, -0.1) is 0 Å². The fourth-order valence-corrected chi connectivity index (χ4v) is 3.45. The normalized spacial score (nSPS) is 11.2. The summed E-state index contributed by atoms with van der Waals surface area (Å²) < 4.78 is 2.10. The number of rotatable bonds is 5. The minimum Gasteiger partial charge on any atom is -0.366 e. The molecule has 138 valence electrons. The molecule has 2 aromatic carbocycles. The zero-order valence-electron chi connectivity index (χ0n) is 15.5. The van der Waals surface area contributed by atoms with Gasteiger partial charge in [-0.1, -0.05) is 12.1 Å². The van der Waals surface area contributed by atoms with E-state index in [-0.39, 0.29) is 0 Å². The molecular formula is C22H20N6. The highest BCUT2D eigenvalue weighted by atomic mass is 15.1. The quantitative estimate of drug-likeness (QED) is 0.416. The van der Waals surface area contributed by atoms with Gasteiger partial charge in [0.2, 0.25) is 5.95 Å². The van der Waals surface area contributed by atoms with Crippen LogP contribution in [-0.4, -0.2) is 19.5 Å². The van der Waals surface area contributed by atoms with Crippen molar-refractivity contribution in [2.24, 2.45) is 7.05 Å². The van der Waals surface area contributed by atoms with Crippen LogP contribution in [0.25, 0.3) is 21.8 Å². The van der Waals surface area contributed by atoms with Crippen LogP contribution in [0.15, 0.2) is 73.2 Å². The Morgan fingerprint density at radius 2 is 2.04 bits per heavy atom. The average Bonchev–Trinajstić information content (AvgIpc) is 3.34. The lowest BCUT2D eigenvalue weighted by molar-refractivity contribution is 0.969. The number of nitrogens with one attached hydrogen (secondary N) is 3. The second kappa shape index (κ2) is 6.74. The fraction of sp³-hybridized carbons (Fsp3) is 0.0909. The predicted molar refractivity (Wildman–Crippen MR) is 114 cm³/mol. The minimum atomic E-state index is 0.572. The summed E-state index contributed by atoms with van der Waals surface area (Å²) in [5, 5.41) is 9.07. The van der Waals surface area contributed by atoms with E-state index < -0.39 is 0 Å². The molecule has 6 nitrogen and oxygen atoms in total. The number of aromatic amines is 1. The minimum absolute atomic E-state index is 0.572. The number of benzene rings is 2. The van der Waals surface area contributed by atoms with E-state index in [1.54, 1.807) is 6.20 Å². The largest absolute Gasteiger partial charge is 0.366 e. The maximum absolute atomic E-state index is 4.60. The molecule has 0 unspecified atom stereocenters. The van der Waals surface area contributed by atoms with Gasteiger partial charge in [0.05, 0.1) is 5.69 Å². The van der Waals surface area contributed by atoms with Gasteiger partial charge in [-0.2, -0.15) is 4.98 Å². The molecule has 0 atom stereocenters.